The average Bonchev–Trinajstić information content (AvgIpc) is 2.72. The minimum atomic E-state index is -0.167. The van der Waals surface area contributed by atoms with Crippen LogP contribution in [0.5, 0.6) is 0 Å². The fraction of sp³-hybridized carbons (Fsp3) is 0.308. The van der Waals surface area contributed by atoms with Crippen molar-refractivity contribution in [1.82, 2.24) is 4.98 Å². The highest BCUT2D eigenvalue weighted by molar-refractivity contribution is 7.16. The molecule has 4 heteroatoms. The van der Waals surface area contributed by atoms with E-state index in [1.54, 1.807) is 17.4 Å². The van der Waals surface area contributed by atoms with Gasteiger partial charge in [-0.25, -0.2) is 9.37 Å². The molecule has 0 atom stereocenters. The van der Waals surface area contributed by atoms with Gasteiger partial charge in [0.05, 0.1) is 5.69 Å². The normalized spacial score (nSPS) is 12.7. The summed E-state index contributed by atoms with van der Waals surface area (Å²) in [7, 11) is 0. The number of halogens is 1. The van der Waals surface area contributed by atoms with Crippen molar-refractivity contribution < 1.29 is 4.39 Å². The molecule has 2 nitrogen and oxygen atoms in total. The van der Waals surface area contributed by atoms with Crippen molar-refractivity contribution in [3.8, 4) is 11.3 Å². The first-order valence-corrected chi connectivity index (χ1v) is 6.50. The summed E-state index contributed by atoms with van der Waals surface area (Å²) in [6.07, 6.45) is 0.805. The average molecular weight is 248 g/mol. The van der Waals surface area contributed by atoms with E-state index in [2.05, 4.69) is 24.1 Å². The smallest absolute Gasteiger partial charge is 0.183 e. The van der Waals surface area contributed by atoms with Gasteiger partial charge >= 0.3 is 0 Å². The van der Waals surface area contributed by atoms with E-state index in [0.717, 1.165) is 28.4 Å². The molecule has 1 aromatic carbocycles. The molecule has 0 saturated heterocycles. The number of nitrogens with zero attached hydrogens (tertiary/aromatic N) is 1. The Balaban J connectivity index is 2.00. The summed E-state index contributed by atoms with van der Waals surface area (Å²) in [6, 6.07) is 5.33. The molecule has 0 bridgehead atoms. The third-order valence-corrected chi connectivity index (χ3v) is 3.77. The molecule has 2 aromatic rings. The molecule has 3 rings (SSSR count). The van der Waals surface area contributed by atoms with Crippen molar-refractivity contribution in [2.24, 2.45) is 0 Å². The summed E-state index contributed by atoms with van der Waals surface area (Å²) in [5.74, 6) is -0.167. The number of fused-ring (bicyclic) bond motifs is 3. The highest BCUT2D eigenvalue weighted by Crippen LogP contribution is 2.41. The van der Waals surface area contributed by atoms with E-state index in [0.29, 0.717) is 6.04 Å². The molecule has 1 aromatic heterocycles. The summed E-state index contributed by atoms with van der Waals surface area (Å²) in [5, 5.41) is 4.27. The van der Waals surface area contributed by atoms with Crippen LogP contribution in [0, 0.1) is 5.82 Å². The summed E-state index contributed by atoms with van der Waals surface area (Å²) < 4.78 is 13.1. The van der Waals surface area contributed by atoms with Crippen LogP contribution in [-0.2, 0) is 6.42 Å². The number of benzene rings is 1. The van der Waals surface area contributed by atoms with Crippen LogP contribution in [0.4, 0.5) is 9.52 Å². The van der Waals surface area contributed by atoms with Gasteiger partial charge in [-0.15, -0.1) is 11.3 Å². The zero-order chi connectivity index (χ0) is 12.0. The first kappa shape index (κ1) is 10.7. The first-order chi connectivity index (χ1) is 8.13. The van der Waals surface area contributed by atoms with Crippen molar-refractivity contribution >= 4 is 16.5 Å². The van der Waals surface area contributed by atoms with Crippen LogP contribution in [0.15, 0.2) is 18.2 Å². The maximum absolute atomic E-state index is 13.1. The van der Waals surface area contributed by atoms with Crippen LogP contribution in [-0.4, -0.2) is 11.0 Å². The second-order valence-electron chi connectivity index (χ2n) is 4.57. The van der Waals surface area contributed by atoms with Gasteiger partial charge in [0.2, 0.25) is 0 Å². The van der Waals surface area contributed by atoms with E-state index >= 15 is 0 Å². The Morgan fingerprint density at radius 3 is 3.00 bits per heavy atom. The second-order valence-corrected chi connectivity index (χ2v) is 5.65. The fourth-order valence-corrected chi connectivity index (χ4v) is 3.25. The lowest BCUT2D eigenvalue weighted by Gasteiger charge is -2.05. The van der Waals surface area contributed by atoms with Gasteiger partial charge in [0.1, 0.15) is 5.82 Å². The topological polar surface area (TPSA) is 24.9 Å². The van der Waals surface area contributed by atoms with Crippen molar-refractivity contribution in [2.75, 3.05) is 5.32 Å². The predicted octanol–water partition coefficient (Wildman–Crippen LogP) is 3.67. The van der Waals surface area contributed by atoms with Crippen molar-refractivity contribution in [3.63, 3.8) is 0 Å². The second kappa shape index (κ2) is 3.81. The molecule has 17 heavy (non-hydrogen) atoms. The molecule has 0 saturated carbocycles. The van der Waals surface area contributed by atoms with E-state index < -0.39 is 0 Å². The zero-order valence-corrected chi connectivity index (χ0v) is 10.6. The summed E-state index contributed by atoms with van der Waals surface area (Å²) in [5.41, 5.74) is 3.15. The Bertz CT molecular complexity index is 575. The molecule has 0 fully saturated rings. The number of aromatic nitrogens is 1. The maximum atomic E-state index is 13.1. The summed E-state index contributed by atoms with van der Waals surface area (Å²) in [4.78, 5) is 5.82. The molecule has 1 N–H and O–H groups in total. The Kier molecular flexibility index (Phi) is 2.40. The molecule has 0 aliphatic heterocycles. The van der Waals surface area contributed by atoms with E-state index in [1.165, 1.54) is 10.9 Å². The van der Waals surface area contributed by atoms with Gasteiger partial charge in [-0.2, -0.15) is 0 Å². The van der Waals surface area contributed by atoms with Crippen LogP contribution >= 0.6 is 11.3 Å². The first-order valence-electron chi connectivity index (χ1n) is 5.68. The lowest BCUT2D eigenvalue weighted by atomic mass is 10.1. The molecular formula is C13H13FN2S. The van der Waals surface area contributed by atoms with Gasteiger partial charge in [0.25, 0.3) is 0 Å². The van der Waals surface area contributed by atoms with E-state index in [9.17, 15) is 4.39 Å². The number of hydrogen-bond acceptors (Lipinski definition) is 3. The number of nitrogens with one attached hydrogen (secondary N) is 1. The van der Waals surface area contributed by atoms with Crippen LogP contribution < -0.4 is 5.32 Å². The van der Waals surface area contributed by atoms with Crippen LogP contribution in [0.25, 0.3) is 11.3 Å². The molecule has 0 unspecified atom stereocenters. The van der Waals surface area contributed by atoms with Gasteiger partial charge in [0, 0.05) is 22.9 Å². The molecule has 1 heterocycles. The Hall–Kier alpha value is -1.42. The predicted molar refractivity (Wildman–Crippen MR) is 69.1 cm³/mol. The maximum Gasteiger partial charge on any atom is 0.183 e. The lowest BCUT2D eigenvalue weighted by molar-refractivity contribution is 0.626. The van der Waals surface area contributed by atoms with E-state index in [-0.39, 0.29) is 5.82 Å². The van der Waals surface area contributed by atoms with Gasteiger partial charge < -0.3 is 5.32 Å². The largest absolute Gasteiger partial charge is 0.359 e. The minimum absolute atomic E-state index is 0.167. The van der Waals surface area contributed by atoms with Gasteiger partial charge in [-0.05, 0) is 37.6 Å². The third-order valence-electron chi connectivity index (χ3n) is 2.78. The molecule has 0 spiro atoms. The Labute approximate surface area is 104 Å². The highest BCUT2D eigenvalue weighted by atomic mass is 32.1. The molecule has 1 aliphatic rings. The Morgan fingerprint density at radius 2 is 2.24 bits per heavy atom. The number of rotatable bonds is 2. The standard InChI is InChI=1S/C13H13FN2S/c1-7(2)15-13-16-12-10-4-3-9(14)5-8(10)6-11(12)17-13/h3-5,7H,6H2,1-2H3,(H,15,16). The van der Waals surface area contributed by atoms with Crippen LogP contribution in [0.2, 0.25) is 0 Å². The molecule has 0 amide bonds. The van der Waals surface area contributed by atoms with E-state index in [4.69, 9.17) is 0 Å². The quantitative estimate of drug-likeness (QED) is 0.748. The number of thiazole rings is 1. The van der Waals surface area contributed by atoms with Crippen molar-refractivity contribution in [2.45, 2.75) is 26.3 Å². The van der Waals surface area contributed by atoms with Crippen molar-refractivity contribution in [3.05, 3.63) is 34.5 Å². The van der Waals surface area contributed by atoms with Crippen LogP contribution in [0.1, 0.15) is 24.3 Å². The Morgan fingerprint density at radius 1 is 1.41 bits per heavy atom. The molecule has 88 valence electrons. The van der Waals surface area contributed by atoms with Crippen LogP contribution in [0.3, 0.4) is 0 Å². The SMILES string of the molecule is CC(C)Nc1nc2c(s1)Cc1cc(F)ccc1-2. The summed E-state index contributed by atoms with van der Waals surface area (Å²) >= 11 is 1.67. The number of hydrogen-bond donors (Lipinski definition) is 1. The van der Waals surface area contributed by atoms with E-state index in [1.807, 2.05) is 6.07 Å². The lowest BCUT2D eigenvalue weighted by Crippen LogP contribution is -2.09. The molecular weight excluding hydrogens is 235 g/mol. The molecule has 0 radical (unpaired) electrons. The monoisotopic (exact) mass is 248 g/mol. The number of anilines is 1. The van der Waals surface area contributed by atoms with Crippen molar-refractivity contribution in [1.29, 1.82) is 0 Å². The fourth-order valence-electron chi connectivity index (χ4n) is 2.10. The van der Waals surface area contributed by atoms with Gasteiger partial charge in [0.15, 0.2) is 5.13 Å². The zero-order valence-electron chi connectivity index (χ0n) is 9.75. The van der Waals surface area contributed by atoms with Gasteiger partial charge in [-0.3, -0.25) is 0 Å². The third kappa shape index (κ3) is 1.82. The minimum Gasteiger partial charge on any atom is -0.359 e. The summed E-state index contributed by atoms with van der Waals surface area (Å²) in [6.45, 7) is 4.19. The van der Waals surface area contributed by atoms with Gasteiger partial charge in [-0.1, -0.05) is 0 Å². The molecule has 1 aliphatic carbocycles. The highest BCUT2D eigenvalue weighted by Gasteiger charge is 2.23.